The smallest absolute Gasteiger partial charge is 0.259 e. The second-order valence-electron chi connectivity index (χ2n) is 4.77. The molecule has 0 bridgehead atoms. The van der Waals surface area contributed by atoms with Gasteiger partial charge in [-0.25, -0.2) is 18.1 Å². The van der Waals surface area contributed by atoms with E-state index in [9.17, 15) is 8.42 Å². The minimum absolute atomic E-state index is 0.0746. The highest BCUT2D eigenvalue weighted by atomic mass is 79.9. The standard InChI is InChI=1S/C14H18BrN3O2S/c1-3-8-18-10-14(17-11(18)2)21(19,20)16-9-12-4-6-13(15)7-5-12/h4-7,10,16H,3,8-9H2,1-2H3. The lowest BCUT2D eigenvalue weighted by Gasteiger charge is -2.04. The lowest BCUT2D eigenvalue weighted by atomic mass is 10.2. The molecule has 0 aliphatic rings. The lowest BCUT2D eigenvalue weighted by molar-refractivity contribution is 0.577. The van der Waals surface area contributed by atoms with Gasteiger partial charge in [0.05, 0.1) is 0 Å². The molecule has 7 heteroatoms. The summed E-state index contributed by atoms with van der Waals surface area (Å²) < 4.78 is 29.9. The van der Waals surface area contributed by atoms with Crippen LogP contribution in [0.15, 0.2) is 40.0 Å². The molecular weight excluding hydrogens is 354 g/mol. The van der Waals surface area contributed by atoms with Crippen molar-refractivity contribution in [3.05, 3.63) is 46.3 Å². The number of benzene rings is 1. The van der Waals surface area contributed by atoms with Crippen LogP contribution in [0.3, 0.4) is 0 Å². The van der Waals surface area contributed by atoms with Crippen LogP contribution in [0.2, 0.25) is 0 Å². The minimum atomic E-state index is -3.58. The second kappa shape index (κ2) is 6.72. The molecule has 0 fully saturated rings. The van der Waals surface area contributed by atoms with Crippen LogP contribution in [-0.4, -0.2) is 18.0 Å². The highest BCUT2D eigenvalue weighted by molar-refractivity contribution is 9.10. The van der Waals surface area contributed by atoms with Crippen LogP contribution < -0.4 is 4.72 Å². The Morgan fingerprint density at radius 1 is 1.29 bits per heavy atom. The Hall–Kier alpha value is -1.18. The molecular formula is C14H18BrN3O2S. The minimum Gasteiger partial charge on any atom is -0.334 e. The molecule has 0 spiro atoms. The van der Waals surface area contributed by atoms with Crippen molar-refractivity contribution in [2.45, 2.75) is 38.4 Å². The van der Waals surface area contributed by atoms with Crippen molar-refractivity contribution in [3.8, 4) is 0 Å². The third-order valence-electron chi connectivity index (χ3n) is 3.07. The first kappa shape index (κ1) is 16.2. The summed E-state index contributed by atoms with van der Waals surface area (Å²) in [5.41, 5.74) is 0.895. The van der Waals surface area contributed by atoms with Gasteiger partial charge in [0.15, 0.2) is 5.03 Å². The molecule has 0 saturated carbocycles. The average molecular weight is 372 g/mol. The predicted molar refractivity (Wildman–Crippen MR) is 85.4 cm³/mol. The van der Waals surface area contributed by atoms with Crippen LogP contribution in [0.4, 0.5) is 0 Å². The number of hydrogen-bond acceptors (Lipinski definition) is 3. The first-order chi connectivity index (χ1) is 9.92. The zero-order valence-corrected chi connectivity index (χ0v) is 14.4. The molecule has 2 rings (SSSR count). The molecule has 0 amide bonds. The van der Waals surface area contributed by atoms with E-state index in [0.717, 1.165) is 23.0 Å². The topological polar surface area (TPSA) is 64.0 Å². The normalized spacial score (nSPS) is 11.8. The first-order valence-corrected chi connectivity index (χ1v) is 8.98. The van der Waals surface area contributed by atoms with Gasteiger partial charge in [-0.1, -0.05) is 35.0 Å². The van der Waals surface area contributed by atoms with Crippen LogP contribution in [0, 0.1) is 6.92 Å². The summed E-state index contributed by atoms with van der Waals surface area (Å²) in [7, 11) is -3.58. The first-order valence-electron chi connectivity index (χ1n) is 6.70. The van der Waals surface area contributed by atoms with Gasteiger partial charge in [-0.2, -0.15) is 0 Å². The van der Waals surface area contributed by atoms with E-state index in [4.69, 9.17) is 0 Å². The molecule has 5 nitrogen and oxygen atoms in total. The van der Waals surface area contributed by atoms with Gasteiger partial charge in [-0.05, 0) is 31.0 Å². The maximum Gasteiger partial charge on any atom is 0.259 e. The monoisotopic (exact) mass is 371 g/mol. The molecule has 2 aromatic rings. The summed E-state index contributed by atoms with van der Waals surface area (Å²) in [5.74, 6) is 0.709. The number of nitrogens with zero attached hydrogens (tertiary/aromatic N) is 2. The molecule has 0 radical (unpaired) electrons. The van der Waals surface area contributed by atoms with Crippen LogP contribution in [0.25, 0.3) is 0 Å². The maximum absolute atomic E-state index is 12.2. The Labute approximate surface area is 133 Å². The number of aromatic nitrogens is 2. The highest BCUT2D eigenvalue weighted by Crippen LogP contribution is 2.13. The molecule has 0 aliphatic carbocycles. The van der Waals surface area contributed by atoms with E-state index in [1.54, 1.807) is 6.20 Å². The molecule has 21 heavy (non-hydrogen) atoms. The summed E-state index contributed by atoms with van der Waals surface area (Å²) in [6, 6.07) is 7.49. The van der Waals surface area contributed by atoms with Crippen molar-refractivity contribution in [3.63, 3.8) is 0 Å². The van der Waals surface area contributed by atoms with E-state index in [0.29, 0.717) is 5.82 Å². The van der Waals surface area contributed by atoms with Gasteiger partial charge < -0.3 is 4.57 Å². The fourth-order valence-corrected chi connectivity index (χ4v) is 3.22. The molecule has 0 atom stereocenters. The molecule has 0 saturated heterocycles. The Balaban J connectivity index is 2.11. The Bertz CT molecular complexity index is 708. The number of sulfonamides is 1. The van der Waals surface area contributed by atoms with E-state index in [-0.39, 0.29) is 11.6 Å². The van der Waals surface area contributed by atoms with Gasteiger partial charge in [-0.3, -0.25) is 0 Å². The molecule has 1 aromatic carbocycles. The molecule has 1 aromatic heterocycles. The predicted octanol–water partition coefficient (Wildman–Crippen LogP) is 2.84. The molecule has 0 unspecified atom stereocenters. The Morgan fingerprint density at radius 3 is 2.57 bits per heavy atom. The van der Waals surface area contributed by atoms with Crippen LogP contribution >= 0.6 is 15.9 Å². The number of rotatable bonds is 6. The van der Waals surface area contributed by atoms with Crippen molar-refractivity contribution < 1.29 is 8.42 Å². The SMILES string of the molecule is CCCn1cc(S(=O)(=O)NCc2ccc(Br)cc2)nc1C. The highest BCUT2D eigenvalue weighted by Gasteiger charge is 2.18. The molecule has 1 N–H and O–H groups in total. The van der Waals surface area contributed by atoms with Gasteiger partial charge in [0.25, 0.3) is 10.0 Å². The van der Waals surface area contributed by atoms with Crippen molar-refractivity contribution >= 4 is 26.0 Å². The summed E-state index contributed by atoms with van der Waals surface area (Å²) in [5, 5.41) is 0.0746. The summed E-state index contributed by atoms with van der Waals surface area (Å²) in [6.07, 6.45) is 2.52. The van der Waals surface area contributed by atoms with Crippen molar-refractivity contribution in [1.29, 1.82) is 0 Å². The molecule has 1 heterocycles. The van der Waals surface area contributed by atoms with Gasteiger partial charge in [0.2, 0.25) is 0 Å². The maximum atomic E-state index is 12.2. The number of nitrogens with one attached hydrogen (secondary N) is 1. The van der Waals surface area contributed by atoms with Crippen molar-refractivity contribution in [2.24, 2.45) is 0 Å². The van der Waals surface area contributed by atoms with Gasteiger partial charge in [0, 0.05) is 23.8 Å². The van der Waals surface area contributed by atoms with Gasteiger partial charge in [-0.15, -0.1) is 0 Å². The average Bonchev–Trinajstić information content (AvgIpc) is 2.81. The fourth-order valence-electron chi connectivity index (χ4n) is 1.93. The third kappa shape index (κ3) is 4.15. The zero-order valence-electron chi connectivity index (χ0n) is 12.0. The quantitative estimate of drug-likeness (QED) is 0.848. The number of halogens is 1. The lowest BCUT2D eigenvalue weighted by Crippen LogP contribution is -2.23. The van der Waals surface area contributed by atoms with E-state index in [1.165, 1.54) is 0 Å². The second-order valence-corrected chi connectivity index (χ2v) is 7.40. The van der Waals surface area contributed by atoms with Crippen molar-refractivity contribution in [1.82, 2.24) is 14.3 Å². The van der Waals surface area contributed by atoms with E-state index < -0.39 is 10.0 Å². The van der Waals surface area contributed by atoms with E-state index in [2.05, 4.69) is 25.6 Å². The summed E-state index contributed by atoms with van der Waals surface area (Å²) in [4.78, 5) is 4.13. The van der Waals surface area contributed by atoms with Crippen molar-refractivity contribution in [2.75, 3.05) is 0 Å². The number of hydrogen-bond donors (Lipinski definition) is 1. The van der Waals surface area contributed by atoms with Crippen LogP contribution in [0.1, 0.15) is 24.7 Å². The third-order valence-corrected chi connectivity index (χ3v) is 4.87. The Morgan fingerprint density at radius 2 is 1.95 bits per heavy atom. The van der Waals surface area contributed by atoms with Crippen LogP contribution in [-0.2, 0) is 23.1 Å². The fraction of sp³-hybridized carbons (Fsp3) is 0.357. The van der Waals surface area contributed by atoms with Gasteiger partial charge in [0.1, 0.15) is 5.82 Å². The number of aryl methyl sites for hydroxylation is 2. The summed E-state index contributed by atoms with van der Waals surface area (Å²) in [6.45, 7) is 4.86. The zero-order chi connectivity index (χ0) is 15.5. The summed E-state index contributed by atoms with van der Waals surface area (Å²) >= 11 is 3.35. The molecule has 114 valence electrons. The number of imidazole rings is 1. The van der Waals surface area contributed by atoms with Gasteiger partial charge >= 0.3 is 0 Å². The van der Waals surface area contributed by atoms with E-state index >= 15 is 0 Å². The largest absolute Gasteiger partial charge is 0.334 e. The molecule has 0 aliphatic heterocycles. The van der Waals surface area contributed by atoms with E-state index in [1.807, 2.05) is 42.7 Å². The van der Waals surface area contributed by atoms with Crippen LogP contribution in [0.5, 0.6) is 0 Å². The Kier molecular flexibility index (Phi) is 5.18.